The maximum atomic E-state index is 13.1. The van der Waals surface area contributed by atoms with Crippen molar-refractivity contribution < 1.29 is 26.9 Å². The Kier molecular flexibility index (Phi) is 9.08. The van der Waals surface area contributed by atoms with E-state index in [4.69, 9.17) is 4.98 Å². The summed E-state index contributed by atoms with van der Waals surface area (Å²) in [6.45, 7) is 0. The van der Waals surface area contributed by atoms with Crippen LogP contribution in [0.2, 0.25) is 0 Å². The predicted molar refractivity (Wildman–Crippen MR) is 212 cm³/mol. The SMILES string of the molecule is O=[N+]([O-])c1c([N+](=O)[O-])c2[nH]c1cc1nc(cc3ccc([nH]3)c(-c3ccccc3)c3nc(c2-c2ccccc2)C(c2ccccc2)=C3c2ccccc2)C=C1.[Cu+2]. The average Bonchev–Trinajstić information content (AvgIpc) is 4.00. The van der Waals surface area contributed by atoms with Crippen molar-refractivity contribution in [1.82, 2.24) is 19.9 Å². The molecule has 8 bridgehead atoms. The molecule has 0 unspecified atom stereocenters. The van der Waals surface area contributed by atoms with Crippen LogP contribution in [0.1, 0.15) is 33.9 Å². The topological polar surface area (TPSA) is 144 Å². The Balaban J connectivity index is 0.00000427. The molecular weight excluding hydrogens is 740 g/mol. The van der Waals surface area contributed by atoms with E-state index in [1.165, 1.54) is 6.07 Å². The molecule has 267 valence electrons. The number of nitro groups is 2. The van der Waals surface area contributed by atoms with Gasteiger partial charge in [-0.15, -0.1) is 0 Å². The van der Waals surface area contributed by atoms with Crippen molar-refractivity contribution in [3.63, 3.8) is 0 Å². The summed E-state index contributed by atoms with van der Waals surface area (Å²) in [6, 6.07) is 46.1. The van der Waals surface area contributed by atoms with Gasteiger partial charge in [0.05, 0.1) is 32.6 Å². The number of benzene rings is 4. The van der Waals surface area contributed by atoms with Crippen LogP contribution in [0, 0.1) is 20.2 Å². The number of rotatable bonds is 6. The minimum absolute atomic E-state index is 0. The molecule has 0 atom stereocenters. The molecule has 0 amide bonds. The second-order valence-corrected chi connectivity index (χ2v) is 12.8. The van der Waals surface area contributed by atoms with Gasteiger partial charge in [0.1, 0.15) is 11.0 Å². The largest absolute Gasteiger partial charge is 2.00 e. The van der Waals surface area contributed by atoms with E-state index in [0.717, 1.165) is 38.9 Å². The number of nitrogens with zero attached hydrogens (tertiary/aromatic N) is 4. The Bertz CT molecular complexity index is 2870. The first-order chi connectivity index (χ1) is 26.4. The zero-order chi connectivity index (χ0) is 36.8. The summed E-state index contributed by atoms with van der Waals surface area (Å²) in [6.07, 6.45) is 3.51. The zero-order valence-corrected chi connectivity index (χ0v) is 29.7. The molecule has 55 heavy (non-hydrogen) atoms. The van der Waals surface area contributed by atoms with Crippen molar-refractivity contribution >= 4 is 56.7 Å². The van der Waals surface area contributed by atoms with Crippen LogP contribution in [-0.2, 0) is 17.1 Å². The molecule has 2 N–H and O–H groups in total. The maximum absolute atomic E-state index is 13.1. The fraction of sp³-hybridized carbons (Fsp3) is 0. The molecule has 3 aromatic heterocycles. The van der Waals surface area contributed by atoms with Gasteiger partial charge in [0, 0.05) is 33.3 Å². The molecule has 0 saturated carbocycles. The normalized spacial score (nSPS) is 12.0. The summed E-state index contributed by atoms with van der Waals surface area (Å²) in [4.78, 5) is 41.5. The minimum atomic E-state index is -0.713. The van der Waals surface area contributed by atoms with Gasteiger partial charge in [-0.2, -0.15) is 0 Å². The summed E-state index contributed by atoms with van der Waals surface area (Å²) in [5.41, 5.74) is 8.00. The number of H-pyrrole nitrogens is 2. The molecule has 7 aromatic rings. The van der Waals surface area contributed by atoms with Crippen LogP contribution in [0.25, 0.3) is 67.6 Å². The van der Waals surface area contributed by atoms with Gasteiger partial charge in [-0.05, 0) is 58.7 Å². The fourth-order valence-corrected chi connectivity index (χ4v) is 7.27. The summed E-state index contributed by atoms with van der Waals surface area (Å²) in [5.74, 6) is 0. The molecule has 2 aliphatic heterocycles. The summed E-state index contributed by atoms with van der Waals surface area (Å²) in [5, 5.41) is 25.9. The fourth-order valence-electron chi connectivity index (χ4n) is 7.27. The number of fused-ring (bicyclic) bond motifs is 8. The van der Waals surface area contributed by atoms with Gasteiger partial charge in [0.15, 0.2) is 0 Å². The second kappa shape index (κ2) is 14.3. The standard InChI is InChI=1S/C44H28N6O4.Cu/c51-49(52)43-35-26-33-22-21-31(45-33)25-32-23-24-34(46-32)36(27-13-5-1-6-14-27)40-37(28-15-7-2-8-16-28)38(29-17-9-3-10-18-29)41(48-40)39(30-19-11-4-12-20-30)42(47-35)44(43)50(53)54;/h1-26,46-47H;/q;+2. The number of nitrogens with one attached hydrogen (secondary N) is 2. The van der Waals surface area contributed by atoms with Gasteiger partial charge in [0.25, 0.3) is 0 Å². The van der Waals surface area contributed by atoms with Gasteiger partial charge in [-0.3, -0.25) is 20.2 Å². The molecular formula is C44H28CuN6O4+2. The van der Waals surface area contributed by atoms with Crippen molar-refractivity contribution in [2.75, 3.05) is 0 Å². The van der Waals surface area contributed by atoms with E-state index in [2.05, 4.69) is 15.0 Å². The van der Waals surface area contributed by atoms with Crippen molar-refractivity contribution in [1.29, 1.82) is 0 Å². The molecule has 2 aliphatic rings. The Labute approximate surface area is 324 Å². The van der Waals surface area contributed by atoms with Crippen LogP contribution in [-0.4, -0.2) is 29.8 Å². The van der Waals surface area contributed by atoms with Crippen LogP contribution in [0.3, 0.4) is 0 Å². The van der Waals surface area contributed by atoms with E-state index in [1.807, 2.05) is 140 Å². The molecule has 0 saturated heterocycles. The van der Waals surface area contributed by atoms with Crippen LogP contribution < -0.4 is 0 Å². The molecule has 4 aromatic carbocycles. The Morgan fingerprint density at radius 1 is 0.473 bits per heavy atom. The monoisotopic (exact) mass is 767 g/mol. The van der Waals surface area contributed by atoms with E-state index in [1.54, 1.807) is 12.2 Å². The molecule has 0 spiro atoms. The van der Waals surface area contributed by atoms with E-state index in [-0.39, 0.29) is 28.1 Å². The zero-order valence-electron chi connectivity index (χ0n) is 28.7. The summed E-state index contributed by atoms with van der Waals surface area (Å²) in [7, 11) is 0. The van der Waals surface area contributed by atoms with Gasteiger partial charge in [0.2, 0.25) is 0 Å². The third-order valence-corrected chi connectivity index (χ3v) is 9.52. The van der Waals surface area contributed by atoms with Crippen molar-refractivity contribution in [3.05, 3.63) is 200 Å². The van der Waals surface area contributed by atoms with Gasteiger partial charge in [-0.25, -0.2) is 9.97 Å². The molecule has 5 heterocycles. The Morgan fingerprint density at radius 2 is 0.945 bits per heavy atom. The molecule has 10 nitrogen and oxygen atoms in total. The number of hydrogen-bond donors (Lipinski definition) is 2. The van der Waals surface area contributed by atoms with Gasteiger partial charge < -0.3 is 9.97 Å². The third kappa shape index (κ3) is 6.23. The predicted octanol–water partition coefficient (Wildman–Crippen LogP) is 10.6. The maximum Gasteiger partial charge on any atom is 2.00 e. The molecule has 11 heteroatoms. The number of aromatic amines is 2. The van der Waals surface area contributed by atoms with Gasteiger partial charge in [-0.1, -0.05) is 121 Å². The van der Waals surface area contributed by atoms with Gasteiger partial charge >= 0.3 is 28.4 Å². The first kappa shape index (κ1) is 34.9. The Morgan fingerprint density at radius 3 is 1.47 bits per heavy atom. The first-order valence-electron chi connectivity index (χ1n) is 17.2. The summed E-state index contributed by atoms with van der Waals surface area (Å²) >= 11 is 0. The molecule has 1 radical (unpaired) electrons. The Hall–Kier alpha value is -7.20. The minimum Gasteiger partial charge on any atom is -0.355 e. The quantitative estimate of drug-likeness (QED) is 0.0979. The van der Waals surface area contributed by atoms with E-state index in [9.17, 15) is 20.2 Å². The third-order valence-electron chi connectivity index (χ3n) is 9.52. The van der Waals surface area contributed by atoms with Crippen LogP contribution in [0.4, 0.5) is 11.4 Å². The van der Waals surface area contributed by atoms with Crippen LogP contribution in [0.15, 0.2) is 146 Å². The van der Waals surface area contributed by atoms with E-state index in [0.29, 0.717) is 39.5 Å². The smallest absolute Gasteiger partial charge is 0.355 e. The van der Waals surface area contributed by atoms with E-state index < -0.39 is 21.2 Å². The van der Waals surface area contributed by atoms with Crippen LogP contribution >= 0.6 is 0 Å². The van der Waals surface area contributed by atoms with Crippen molar-refractivity contribution in [2.24, 2.45) is 0 Å². The molecule has 0 fully saturated rings. The number of aromatic nitrogens is 4. The van der Waals surface area contributed by atoms with E-state index >= 15 is 0 Å². The molecule has 9 rings (SSSR count). The van der Waals surface area contributed by atoms with Crippen molar-refractivity contribution in [2.45, 2.75) is 0 Å². The molecule has 0 aliphatic carbocycles. The number of hydrogen-bond acceptors (Lipinski definition) is 6. The first-order valence-corrected chi connectivity index (χ1v) is 17.2. The van der Waals surface area contributed by atoms with Crippen LogP contribution in [0.5, 0.6) is 0 Å². The second-order valence-electron chi connectivity index (χ2n) is 12.8. The summed E-state index contributed by atoms with van der Waals surface area (Å²) < 4.78 is 0. The average molecular weight is 768 g/mol. The van der Waals surface area contributed by atoms with Crippen molar-refractivity contribution in [3.8, 4) is 22.3 Å².